The highest BCUT2D eigenvalue weighted by Crippen LogP contribution is 2.20. The van der Waals surface area contributed by atoms with Crippen molar-refractivity contribution in [3.8, 4) is 17.2 Å². The number of hydrogen-bond acceptors (Lipinski definition) is 9. The summed E-state index contributed by atoms with van der Waals surface area (Å²) in [6.45, 7) is 0. The molecule has 10 heteroatoms. The molecule has 0 aromatic heterocycles. The molecule has 0 heterocycles. The van der Waals surface area contributed by atoms with E-state index in [4.69, 9.17) is 14.0 Å². The van der Waals surface area contributed by atoms with E-state index in [1.54, 1.807) is 36.4 Å². The van der Waals surface area contributed by atoms with Gasteiger partial charge in [-0.3, -0.25) is 0 Å². The van der Waals surface area contributed by atoms with Gasteiger partial charge >= 0.3 is 25.2 Å². The van der Waals surface area contributed by atoms with Crippen molar-refractivity contribution in [2.24, 2.45) is 0 Å². The molecule has 0 aliphatic rings. The fourth-order valence-corrected chi connectivity index (χ4v) is 2.77. The highest BCUT2D eigenvalue weighted by Gasteiger charge is 2.30. The third-order valence-electron chi connectivity index (χ3n) is 4.52. The van der Waals surface area contributed by atoms with Gasteiger partial charge in [0, 0.05) is 0 Å². The molecule has 9 nitrogen and oxygen atoms in total. The van der Waals surface area contributed by atoms with E-state index in [0.717, 1.165) is 0 Å². The van der Waals surface area contributed by atoms with Crippen molar-refractivity contribution in [1.82, 2.24) is 0 Å². The Bertz CT molecular complexity index is 980. The van der Waals surface area contributed by atoms with Crippen LogP contribution < -0.4 is 14.0 Å². The summed E-state index contributed by atoms with van der Waals surface area (Å²) in [5, 5.41) is 0. The van der Waals surface area contributed by atoms with E-state index in [1.165, 1.54) is 57.7 Å². The lowest BCUT2D eigenvalue weighted by Crippen LogP contribution is -2.37. The zero-order valence-corrected chi connectivity index (χ0v) is 18.7. The Morgan fingerprint density at radius 3 is 0.912 bits per heavy atom. The molecule has 0 saturated heterocycles. The number of esters is 3. The molecule has 0 aliphatic heterocycles. The van der Waals surface area contributed by atoms with Crippen molar-refractivity contribution in [2.75, 3.05) is 21.3 Å². The number of ether oxygens (including phenoxy) is 3. The molecule has 3 aromatic rings. The van der Waals surface area contributed by atoms with Crippen LogP contribution >= 0.6 is 0 Å². The average molecular weight is 464 g/mol. The smallest absolute Gasteiger partial charge is 0.490 e. The highest BCUT2D eigenvalue weighted by molar-refractivity contribution is 6.39. The van der Waals surface area contributed by atoms with Crippen LogP contribution in [0.1, 0.15) is 31.1 Å². The Kier molecular flexibility index (Phi) is 8.12. The van der Waals surface area contributed by atoms with Gasteiger partial charge in [0.15, 0.2) is 0 Å². The minimum atomic E-state index is -1.25. The zero-order valence-electron chi connectivity index (χ0n) is 18.7. The molecule has 0 radical (unpaired) electrons. The Labute approximate surface area is 196 Å². The maximum absolute atomic E-state index is 11.6. The Hall–Kier alpha value is -4.47. The summed E-state index contributed by atoms with van der Waals surface area (Å²) in [6, 6.07) is 18.6. The quantitative estimate of drug-likeness (QED) is 0.267. The molecular weight excluding hydrogens is 443 g/mol. The highest BCUT2D eigenvalue weighted by atomic mass is 16.7. The molecule has 0 aliphatic carbocycles. The molecule has 0 spiro atoms. The predicted octanol–water partition coefficient (Wildman–Crippen LogP) is 3.57. The molecule has 174 valence electrons. The Balaban J connectivity index is 1.79. The number of carbonyl (C=O) groups excluding carboxylic acids is 3. The van der Waals surface area contributed by atoms with Crippen LogP contribution in [-0.2, 0) is 14.2 Å². The summed E-state index contributed by atoms with van der Waals surface area (Å²) in [4.78, 5) is 34.9. The van der Waals surface area contributed by atoms with Gasteiger partial charge in [0.05, 0.1) is 38.0 Å². The van der Waals surface area contributed by atoms with Crippen molar-refractivity contribution >= 4 is 25.2 Å². The molecule has 34 heavy (non-hydrogen) atoms. The molecule has 0 saturated carbocycles. The van der Waals surface area contributed by atoms with E-state index in [1.807, 2.05) is 0 Å². The van der Waals surface area contributed by atoms with E-state index in [-0.39, 0.29) is 0 Å². The molecular formula is C24H21BO9. The van der Waals surface area contributed by atoms with Gasteiger partial charge in [0.2, 0.25) is 0 Å². The molecule has 0 amide bonds. The van der Waals surface area contributed by atoms with Crippen molar-refractivity contribution < 1.29 is 42.6 Å². The summed E-state index contributed by atoms with van der Waals surface area (Å²) < 4.78 is 31.5. The lowest BCUT2D eigenvalue weighted by atomic mass is 10.1. The largest absolute Gasteiger partial charge is 0.864 e. The van der Waals surface area contributed by atoms with Crippen LogP contribution in [0.25, 0.3) is 0 Å². The second-order valence-corrected chi connectivity index (χ2v) is 6.69. The normalized spacial score (nSPS) is 9.97. The lowest BCUT2D eigenvalue weighted by molar-refractivity contribution is 0.0592. The van der Waals surface area contributed by atoms with Gasteiger partial charge in [0.25, 0.3) is 0 Å². The first kappa shape index (κ1) is 24.2. The molecule has 0 fully saturated rings. The summed E-state index contributed by atoms with van der Waals surface area (Å²) in [5.74, 6) is -0.369. The molecule has 3 aromatic carbocycles. The SMILES string of the molecule is COC(=O)c1ccc(OB(Oc2ccc(C(=O)OC)cc2)Oc2ccc(C(=O)OC)cc2)cc1. The number of benzene rings is 3. The van der Waals surface area contributed by atoms with Crippen molar-refractivity contribution in [3.05, 3.63) is 89.5 Å². The molecule has 0 unspecified atom stereocenters. The van der Waals surface area contributed by atoms with Crippen LogP contribution in [0, 0.1) is 0 Å². The standard InChI is InChI=1S/C24H21BO9/c1-29-22(26)16-4-10-19(11-5-16)32-25(33-20-12-6-17(7-13-20)23(27)30-2)34-21-14-8-18(9-15-21)24(28)31-3/h4-15H,1-3H3. The predicted molar refractivity (Wildman–Crippen MR) is 121 cm³/mol. The fraction of sp³-hybridized carbons (Fsp3) is 0.125. The van der Waals surface area contributed by atoms with Gasteiger partial charge in [-0.25, -0.2) is 14.4 Å². The third kappa shape index (κ3) is 6.29. The zero-order chi connectivity index (χ0) is 24.5. The number of hydrogen-bond donors (Lipinski definition) is 0. The van der Waals surface area contributed by atoms with E-state index in [9.17, 15) is 14.4 Å². The Morgan fingerprint density at radius 2 is 0.706 bits per heavy atom. The minimum absolute atomic E-state index is 0.352. The van der Waals surface area contributed by atoms with Crippen molar-refractivity contribution in [2.45, 2.75) is 0 Å². The number of rotatable bonds is 9. The molecule has 0 N–H and O–H groups in total. The van der Waals surface area contributed by atoms with Crippen LogP contribution in [0.15, 0.2) is 72.8 Å². The van der Waals surface area contributed by atoms with E-state index in [0.29, 0.717) is 33.9 Å². The first-order valence-corrected chi connectivity index (χ1v) is 9.98. The van der Waals surface area contributed by atoms with E-state index >= 15 is 0 Å². The maximum Gasteiger partial charge on any atom is 0.864 e. The minimum Gasteiger partial charge on any atom is -0.490 e. The van der Waals surface area contributed by atoms with Crippen LogP contribution in [-0.4, -0.2) is 46.6 Å². The summed E-state index contributed by atoms with van der Waals surface area (Å²) in [5.41, 5.74) is 1.06. The van der Waals surface area contributed by atoms with Crippen LogP contribution in [0.4, 0.5) is 0 Å². The van der Waals surface area contributed by atoms with Gasteiger partial charge in [-0.1, -0.05) is 0 Å². The summed E-state index contributed by atoms with van der Waals surface area (Å²) in [6.07, 6.45) is 0. The first-order valence-electron chi connectivity index (χ1n) is 9.98. The number of carbonyl (C=O) groups is 3. The summed E-state index contributed by atoms with van der Waals surface area (Å²) >= 11 is 0. The van der Waals surface area contributed by atoms with Crippen molar-refractivity contribution in [3.63, 3.8) is 0 Å². The second-order valence-electron chi connectivity index (χ2n) is 6.69. The van der Waals surface area contributed by atoms with Gasteiger partial charge in [-0.15, -0.1) is 0 Å². The number of methoxy groups -OCH3 is 3. The average Bonchev–Trinajstić information content (AvgIpc) is 2.88. The molecule has 0 bridgehead atoms. The third-order valence-corrected chi connectivity index (χ3v) is 4.52. The van der Waals surface area contributed by atoms with Crippen molar-refractivity contribution in [1.29, 1.82) is 0 Å². The van der Waals surface area contributed by atoms with Crippen LogP contribution in [0.5, 0.6) is 17.2 Å². The lowest BCUT2D eigenvalue weighted by Gasteiger charge is -2.17. The van der Waals surface area contributed by atoms with Gasteiger partial charge in [-0.2, -0.15) is 0 Å². The second kappa shape index (κ2) is 11.4. The Morgan fingerprint density at radius 1 is 0.471 bits per heavy atom. The fourth-order valence-electron chi connectivity index (χ4n) is 2.77. The molecule has 0 atom stereocenters. The van der Waals surface area contributed by atoms with Crippen LogP contribution in [0.3, 0.4) is 0 Å². The topological polar surface area (TPSA) is 107 Å². The van der Waals surface area contributed by atoms with Crippen LogP contribution in [0.2, 0.25) is 0 Å². The molecule has 3 rings (SSSR count). The van der Waals surface area contributed by atoms with E-state index < -0.39 is 25.2 Å². The monoisotopic (exact) mass is 464 g/mol. The van der Waals surface area contributed by atoms with Gasteiger partial charge < -0.3 is 28.2 Å². The van der Waals surface area contributed by atoms with Gasteiger partial charge in [0.1, 0.15) is 17.2 Å². The maximum atomic E-state index is 11.6. The first-order chi connectivity index (χ1) is 16.4. The van der Waals surface area contributed by atoms with Gasteiger partial charge in [-0.05, 0) is 72.8 Å². The van der Waals surface area contributed by atoms with E-state index in [2.05, 4.69) is 14.2 Å². The summed E-state index contributed by atoms with van der Waals surface area (Å²) in [7, 11) is 2.63.